The summed E-state index contributed by atoms with van der Waals surface area (Å²) in [6, 6.07) is 16.2. The first-order chi connectivity index (χ1) is 11.5. The van der Waals surface area contributed by atoms with Crippen molar-refractivity contribution in [3.05, 3.63) is 66.2 Å². The van der Waals surface area contributed by atoms with Crippen LogP contribution in [0.25, 0.3) is 22.5 Å². The van der Waals surface area contributed by atoms with Crippen molar-refractivity contribution >= 4 is 5.95 Å². The zero-order valence-corrected chi connectivity index (χ0v) is 12.8. The second-order valence-electron chi connectivity index (χ2n) is 5.12. The lowest BCUT2D eigenvalue weighted by Gasteiger charge is -2.14. The summed E-state index contributed by atoms with van der Waals surface area (Å²) in [5.74, 6) is 0.267. The van der Waals surface area contributed by atoms with Crippen LogP contribution in [-0.4, -0.2) is 17.0 Å². The predicted octanol–water partition coefficient (Wildman–Crippen LogP) is 4.87. The monoisotopic (exact) mass is 329 g/mol. The molecule has 0 amide bonds. The second kappa shape index (κ2) is 6.31. The minimum atomic E-state index is -4.45. The van der Waals surface area contributed by atoms with Crippen LogP contribution in [0.15, 0.2) is 60.7 Å². The van der Waals surface area contributed by atoms with Crippen LogP contribution < -0.4 is 5.32 Å². The fourth-order valence-electron chi connectivity index (χ4n) is 2.41. The van der Waals surface area contributed by atoms with Crippen LogP contribution in [0.4, 0.5) is 19.1 Å². The molecule has 3 aromatic rings. The Morgan fingerprint density at radius 1 is 0.833 bits per heavy atom. The molecule has 24 heavy (non-hydrogen) atoms. The first-order valence-corrected chi connectivity index (χ1v) is 7.28. The van der Waals surface area contributed by atoms with Gasteiger partial charge in [-0.05, 0) is 12.1 Å². The Labute approximate surface area is 137 Å². The molecule has 3 rings (SSSR count). The van der Waals surface area contributed by atoms with Crippen LogP contribution in [0, 0.1) is 0 Å². The normalized spacial score (nSPS) is 11.3. The van der Waals surface area contributed by atoms with Gasteiger partial charge in [0.1, 0.15) is 0 Å². The largest absolute Gasteiger partial charge is 0.417 e. The zero-order valence-electron chi connectivity index (χ0n) is 12.8. The van der Waals surface area contributed by atoms with E-state index >= 15 is 0 Å². The molecule has 0 aliphatic carbocycles. The van der Waals surface area contributed by atoms with E-state index in [1.807, 2.05) is 30.3 Å². The molecule has 0 fully saturated rings. The van der Waals surface area contributed by atoms with Gasteiger partial charge in [0, 0.05) is 18.2 Å². The molecule has 1 aromatic heterocycles. The number of hydrogen-bond acceptors (Lipinski definition) is 3. The molecule has 0 unspecified atom stereocenters. The molecule has 0 aliphatic rings. The highest BCUT2D eigenvalue weighted by molar-refractivity contribution is 5.71. The Bertz CT molecular complexity index is 846. The molecular formula is C18H14F3N3. The van der Waals surface area contributed by atoms with Gasteiger partial charge in [-0.25, -0.2) is 9.97 Å². The first kappa shape index (κ1) is 16.0. The maximum atomic E-state index is 13.3. The minimum absolute atomic E-state index is 0.0288. The van der Waals surface area contributed by atoms with E-state index in [-0.39, 0.29) is 17.2 Å². The van der Waals surface area contributed by atoms with E-state index in [0.717, 1.165) is 11.6 Å². The van der Waals surface area contributed by atoms with E-state index in [1.54, 1.807) is 19.2 Å². The van der Waals surface area contributed by atoms with Gasteiger partial charge < -0.3 is 5.32 Å². The number of nitrogens with one attached hydrogen (secondary N) is 1. The lowest BCUT2D eigenvalue weighted by molar-refractivity contribution is -0.137. The molecule has 0 atom stereocenters. The van der Waals surface area contributed by atoms with Crippen molar-refractivity contribution in [2.45, 2.75) is 6.18 Å². The number of halogens is 3. The van der Waals surface area contributed by atoms with Crippen molar-refractivity contribution in [1.82, 2.24) is 9.97 Å². The average Bonchev–Trinajstić information content (AvgIpc) is 2.61. The highest BCUT2D eigenvalue weighted by atomic mass is 19.4. The van der Waals surface area contributed by atoms with Crippen molar-refractivity contribution in [3.8, 4) is 22.5 Å². The summed E-state index contributed by atoms with van der Waals surface area (Å²) in [4.78, 5) is 8.54. The van der Waals surface area contributed by atoms with Gasteiger partial charge in [0.2, 0.25) is 5.95 Å². The van der Waals surface area contributed by atoms with Crippen LogP contribution in [0.2, 0.25) is 0 Å². The molecule has 1 heterocycles. The summed E-state index contributed by atoms with van der Waals surface area (Å²) in [6.07, 6.45) is -4.45. The van der Waals surface area contributed by atoms with E-state index in [9.17, 15) is 13.2 Å². The van der Waals surface area contributed by atoms with Crippen molar-refractivity contribution in [2.75, 3.05) is 12.4 Å². The van der Waals surface area contributed by atoms with Crippen molar-refractivity contribution < 1.29 is 13.2 Å². The zero-order chi connectivity index (χ0) is 17.2. The van der Waals surface area contributed by atoms with Crippen LogP contribution in [0.1, 0.15) is 5.56 Å². The molecule has 0 radical (unpaired) electrons. The molecule has 0 aliphatic heterocycles. The number of hydrogen-bond donors (Lipinski definition) is 1. The lowest BCUT2D eigenvalue weighted by atomic mass is 10.0. The number of anilines is 1. The highest BCUT2D eigenvalue weighted by Crippen LogP contribution is 2.37. The molecule has 0 saturated carbocycles. The molecule has 6 heteroatoms. The summed E-state index contributed by atoms with van der Waals surface area (Å²) < 4.78 is 39.8. The molecule has 0 spiro atoms. The third-order valence-electron chi connectivity index (χ3n) is 3.53. The van der Waals surface area contributed by atoms with Gasteiger partial charge in [0.25, 0.3) is 0 Å². The van der Waals surface area contributed by atoms with Crippen LogP contribution >= 0.6 is 0 Å². The van der Waals surface area contributed by atoms with Gasteiger partial charge in [0.05, 0.1) is 17.0 Å². The SMILES string of the molecule is CNc1nc(-c2ccccc2)cc(-c2ccccc2C(F)(F)F)n1. The van der Waals surface area contributed by atoms with Crippen molar-refractivity contribution in [2.24, 2.45) is 0 Å². The first-order valence-electron chi connectivity index (χ1n) is 7.28. The third-order valence-corrected chi connectivity index (χ3v) is 3.53. The van der Waals surface area contributed by atoms with Crippen LogP contribution in [0.5, 0.6) is 0 Å². The molecule has 0 saturated heterocycles. The van der Waals surface area contributed by atoms with E-state index < -0.39 is 11.7 Å². The number of rotatable bonds is 3. The summed E-state index contributed by atoms with van der Waals surface area (Å²) in [5.41, 5.74) is 0.899. The highest BCUT2D eigenvalue weighted by Gasteiger charge is 2.33. The Hall–Kier alpha value is -2.89. The standard InChI is InChI=1S/C18H14F3N3/c1-22-17-23-15(12-7-3-2-4-8-12)11-16(24-17)13-9-5-6-10-14(13)18(19,20)21/h2-11H,1H3,(H,22,23,24). The van der Waals surface area contributed by atoms with Crippen molar-refractivity contribution in [3.63, 3.8) is 0 Å². The molecule has 3 nitrogen and oxygen atoms in total. The van der Waals surface area contributed by atoms with Crippen molar-refractivity contribution in [1.29, 1.82) is 0 Å². The molecule has 2 aromatic carbocycles. The second-order valence-corrected chi connectivity index (χ2v) is 5.12. The van der Waals surface area contributed by atoms with Gasteiger partial charge in [-0.3, -0.25) is 0 Å². The lowest BCUT2D eigenvalue weighted by Crippen LogP contribution is -2.08. The summed E-state index contributed by atoms with van der Waals surface area (Å²) >= 11 is 0. The third kappa shape index (κ3) is 3.22. The molecule has 122 valence electrons. The fourth-order valence-corrected chi connectivity index (χ4v) is 2.41. The van der Waals surface area contributed by atoms with E-state index in [4.69, 9.17) is 0 Å². The molecular weight excluding hydrogens is 315 g/mol. The van der Waals surface area contributed by atoms with Crippen LogP contribution in [-0.2, 0) is 6.18 Å². The Morgan fingerprint density at radius 2 is 1.46 bits per heavy atom. The summed E-state index contributed by atoms with van der Waals surface area (Å²) in [5, 5.41) is 2.80. The van der Waals surface area contributed by atoms with E-state index in [2.05, 4.69) is 15.3 Å². The number of benzene rings is 2. The van der Waals surface area contributed by atoms with Gasteiger partial charge in [-0.1, -0.05) is 48.5 Å². The van der Waals surface area contributed by atoms with Gasteiger partial charge in [-0.15, -0.1) is 0 Å². The van der Waals surface area contributed by atoms with E-state index in [1.165, 1.54) is 12.1 Å². The molecule has 0 bridgehead atoms. The number of nitrogens with zero attached hydrogens (tertiary/aromatic N) is 2. The predicted molar refractivity (Wildman–Crippen MR) is 87.5 cm³/mol. The summed E-state index contributed by atoms with van der Waals surface area (Å²) in [6.45, 7) is 0. The Morgan fingerprint density at radius 3 is 2.12 bits per heavy atom. The topological polar surface area (TPSA) is 37.8 Å². The maximum absolute atomic E-state index is 13.3. The Balaban J connectivity index is 2.20. The van der Waals surface area contributed by atoms with E-state index in [0.29, 0.717) is 5.69 Å². The number of alkyl halides is 3. The maximum Gasteiger partial charge on any atom is 0.417 e. The van der Waals surface area contributed by atoms with Gasteiger partial charge in [-0.2, -0.15) is 13.2 Å². The smallest absolute Gasteiger partial charge is 0.357 e. The van der Waals surface area contributed by atoms with Gasteiger partial charge in [0.15, 0.2) is 0 Å². The number of aromatic nitrogens is 2. The quantitative estimate of drug-likeness (QED) is 0.745. The minimum Gasteiger partial charge on any atom is -0.357 e. The average molecular weight is 329 g/mol. The summed E-state index contributed by atoms with van der Waals surface area (Å²) in [7, 11) is 1.63. The van der Waals surface area contributed by atoms with Crippen LogP contribution in [0.3, 0.4) is 0 Å². The Kier molecular flexibility index (Phi) is 4.20. The molecule has 1 N–H and O–H groups in total. The fraction of sp³-hybridized carbons (Fsp3) is 0.111. The van der Waals surface area contributed by atoms with Gasteiger partial charge >= 0.3 is 6.18 Å².